The Morgan fingerprint density at radius 1 is 1.21 bits per heavy atom. The predicted octanol–water partition coefficient (Wildman–Crippen LogP) is 1.21. The molecule has 0 amide bonds. The molecule has 14 heavy (non-hydrogen) atoms. The second kappa shape index (κ2) is 4.39. The van der Waals surface area contributed by atoms with E-state index < -0.39 is 7.75 Å². The van der Waals surface area contributed by atoms with E-state index in [-0.39, 0.29) is 0 Å². The van der Waals surface area contributed by atoms with Gasteiger partial charge in [-0.25, -0.2) is 10.1 Å². The van der Waals surface area contributed by atoms with Gasteiger partial charge in [-0.1, -0.05) is 18.2 Å². The fourth-order valence-electron chi connectivity index (χ4n) is 0.995. The summed E-state index contributed by atoms with van der Waals surface area (Å²) in [5.41, 5.74) is 5.23. The Kier molecular flexibility index (Phi) is 3.43. The average Bonchev–Trinajstić information content (AvgIpc) is 2.47. The maximum Gasteiger partial charge on any atom is 0.397 e. The van der Waals surface area contributed by atoms with E-state index in [1.165, 1.54) is 10.9 Å². The molecule has 76 valence electrons. The first-order valence-corrected chi connectivity index (χ1v) is 5.51. The Bertz CT molecular complexity index is 410. The molecule has 0 aliphatic heterocycles. The summed E-state index contributed by atoms with van der Waals surface area (Å²) in [7, 11) is -4.14. The van der Waals surface area contributed by atoms with Crippen molar-refractivity contribution in [1.82, 2.24) is 4.98 Å². The molecule has 0 saturated carbocycles. The van der Waals surface area contributed by atoms with Gasteiger partial charge in [0.05, 0.1) is 0 Å². The van der Waals surface area contributed by atoms with Gasteiger partial charge in [-0.3, -0.25) is 0 Å². The highest BCUT2D eigenvalue weighted by Crippen LogP contribution is 2.20. The molecule has 5 nitrogen and oxygen atoms in total. The summed E-state index contributed by atoms with van der Waals surface area (Å²) >= 11 is 0. The zero-order valence-electron chi connectivity index (χ0n) is 7.29. The van der Waals surface area contributed by atoms with Gasteiger partial charge in [0.15, 0.2) is 0 Å². The van der Waals surface area contributed by atoms with E-state index in [0.29, 0.717) is 0 Å². The number of aromatic nitrogens is 1. The van der Waals surface area contributed by atoms with Crippen LogP contribution in [-0.2, 0) is 4.57 Å². The lowest BCUT2D eigenvalue weighted by Gasteiger charge is -1.84. The van der Waals surface area contributed by atoms with Gasteiger partial charge in [0, 0.05) is 11.7 Å². The van der Waals surface area contributed by atoms with E-state index in [1.807, 2.05) is 18.3 Å². The highest BCUT2D eigenvalue weighted by molar-refractivity contribution is 7.49. The normalized spacial score (nSPS) is 10.8. The number of nitrogens with one attached hydrogen (secondary N) is 1. The molecule has 0 saturated heterocycles. The lowest BCUT2D eigenvalue weighted by atomic mass is 10.3. The second-order valence-corrected chi connectivity index (χ2v) is 3.83. The van der Waals surface area contributed by atoms with Crippen molar-refractivity contribution in [3.8, 4) is 0 Å². The first-order valence-electron chi connectivity index (χ1n) is 3.83. The molecule has 0 aliphatic carbocycles. The molecule has 0 atom stereocenters. The zero-order valence-corrected chi connectivity index (χ0v) is 8.19. The van der Waals surface area contributed by atoms with Crippen LogP contribution in [0.2, 0.25) is 0 Å². The molecule has 0 spiro atoms. The molecule has 0 fully saturated rings. The molecule has 0 unspecified atom stereocenters. The summed E-state index contributed by atoms with van der Waals surface area (Å²) < 4.78 is 9.10. The number of nitrogens with two attached hydrogens (primary N) is 1. The number of hydrogen-bond acceptors (Lipinski definition) is 1. The summed E-state index contributed by atoms with van der Waals surface area (Å²) in [6.07, 6.45) is 1.95. The van der Waals surface area contributed by atoms with Crippen LogP contribution in [0.5, 0.6) is 0 Å². The number of hydrogen-bond donors (Lipinski definition) is 4. The molecule has 0 radical (unpaired) electrons. The van der Waals surface area contributed by atoms with Crippen LogP contribution in [0.25, 0.3) is 10.9 Å². The molecule has 1 heterocycles. The average molecular weight is 214 g/mol. The number of para-hydroxylation sites is 1. The van der Waals surface area contributed by atoms with Crippen LogP contribution < -0.4 is 5.50 Å². The van der Waals surface area contributed by atoms with Crippen LogP contribution in [0.1, 0.15) is 0 Å². The molecule has 1 aromatic heterocycles. The van der Waals surface area contributed by atoms with E-state index in [1.54, 1.807) is 0 Å². The summed E-state index contributed by atoms with van der Waals surface area (Å²) in [6, 6.07) is 10.3. The van der Waals surface area contributed by atoms with Gasteiger partial charge in [0.1, 0.15) is 0 Å². The minimum absolute atomic E-state index is 1.21. The fourth-order valence-corrected chi connectivity index (χ4v) is 0.995. The summed E-state index contributed by atoms with van der Waals surface area (Å²) in [5.74, 6) is 0. The van der Waals surface area contributed by atoms with Gasteiger partial charge in [0.25, 0.3) is 0 Å². The number of aromatic amines is 1. The van der Waals surface area contributed by atoms with Crippen molar-refractivity contribution in [3.05, 3.63) is 36.5 Å². The summed E-state index contributed by atoms with van der Waals surface area (Å²) in [5, 5.41) is 1.28. The zero-order chi connectivity index (χ0) is 10.6. The van der Waals surface area contributed by atoms with Crippen LogP contribution in [-0.4, -0.2) is 14.8 Å². The van der Waals surface area contributed by atoms with Gasteiger partial charge in [-0.15, -0.1) is 0 Å². The monoisotopic (exact) mass is 214 g/mol. The van der Waals surface area contributed by atoms with Crippen LogP contribution in [0.15, 0.2) is 36.5 Å². The third kappa shape index (κ3) is 4.20. The molecule has 1 aromatic carbocycles. The second-order valence-electron chi connectivity index (χ2n) is 2.65. The van der Waals surface area contributed by atoms with Crippen molar-refractivity contribution >= 4 is 18.6 Å². The Morgan fingerprint density at radius 3 is 2.36 bits per heavy atom. The van der Waals surface area contributed by atoms with E-state index in [4.69, 9.17) is 14.4 Å². The van der Waals surface area contributed by atoms with Crippen LogP contribution in [0, 0.1) is 0 Å². The maximum absolute atomic E-state index is 9.10. The maximum atomic E-state index is 9.10. The van der Waals surface area contributed by atoms with Crippen molar-refractivity contribution < 1.29 is 14.4 Å². The smallest absolute Gasteiger partial charge is 0.361 e. The molecule has 2 aromatic rings. The third-order valence-corrected chi connectivity index (χ3v) is 1.46. The minimum atomic E-state index is -4.14. The van der Waals surface area contributed by atoms with Crippen LogP contribution in [0.3, 0.4) is 0 Å². The van der Waals surface area contributed by atoms with Crippen molar-refractivity contribution in [2.45, 2.75) is 0 Å². The lowest BCUT2D eigenvalue weighted by Crippen LogP contribution is -1.87. The predicted molar refractivity (Wildman–Crippen MR) is 54.5 cm³/mol. The van der Waals surface area contributed by atoms with Gasteiger partial charge in [0.2, 0.25) is 0 Å². The lowest BCUT2D eigenvalue weighted by molar-refractivity contribution is 0.374. The topological polar surface area (TPSA) is 99.3 Å². The number of H-pyrrole nitrogens is 1. The molecular weight excluding hydrogens is 203 g/mol. The SMILES string of the molecule is NP(=O)(O)O.c1ccc2[nH]ccc2c1. The minimum Gasteiger partial charge on any atom is -0.361 e. The highest BCUT2D eigenvalue weighted by atomic mass is 31.2. The molecule has 6 heteroatoms. The van der Waals surface area contributed by atoms with E-state index in [0.717, 1.165) is 0 Å². The van der Waals surface area contributed by atoms with Gasteiger partial charge in [-0.2, -0.15) is 0 Å². The van der Waals surface area contributed by atoms with Crippen molar-refractivity contribution in [2.75, 3.05) is 0 Å². The number of rotatable bonds is 0. The standard InChI is InChI=1S/C8H7N.H4NO3P/c1-2-4-8-7(3-1)5-6-9-8;1-5(2,3)4/h1-6,9H;(H4,1,2,3,4). The Balaban J connectivity index is 0.000000171. The Morgan fingerprint density at radius 2 is 1.79 bits per heavy atom. The quantitative estimate of drug-likeness (QED) is 0.495. The first-order chi connectivity index (χ1) is 6.47. The van der Waals surface area contributed by atoms with Gasteiger partial charge >= 0.3 is 7.75 Å². The van der Waals surface area contributed by atoms with Gasteiger partial charge in [-0.05, 0) is 17.5 Å². The third-order valence-electron chi connectivity index (χ3n) is 1.46. The van der Waals surface area contributed by atoms with Crippen molar-refractivity contribution in [2.24, 2.45) is 5.50 Å². The van der Waals surface area contributed by atoms with E-state index in [2.05, 4.69) is 28.7 Å². The molecule has 0 bridgehead atoms. The molecular formula is C8H11N2O3P. The first kappa shape index (κ1) is 10.9. The largest absolute Gasteiger partial charge is 0.397 e. The van der Waals surface area contributed by atoms with E-state index >= 15 is 0 Å². The summed E-state index contributed by atoms with van der Waals surface area (Å²) in [4.78, 5) is 17.9. The number of fused-ring (bicyclic) bond motifs is 1. The molecule has 0 aliphatic rings. The Labute approximate surface area is 80.8 Å². The van der Waals surface area contributed by atoms with Gasteiger partial charge < -0.3 is 14.8 Å². The number of benzene rings is 1. The molecule has 2 rings (SSSR count). The highest BCUT2D eigenvalue weighted by Gasteiger charge is 1.96. The van der Waals surface area contributed by atoms with Crippen molar-refractivity contribution in [1.29, 1.82) is 0 Å². The molecule has 5 N–H and O–H groups in total. The van der Waals surface area contributed by atoms with Crippen LogP contribution >= 0.6 is 7.75 Å². The summed E-state index contributed by atoms with van der Waals surface area (Å²) in [6.45, 7) is 0. The van der Waals surface area contributed by atoms with E-state index in [9.17, 15) is 0 Å². The van der Waals surface area contributed by atoms with Crippen molar-refractivity contribution in [3.63, 3.8) is 0 Å². The fraction of sp³-hybridized carbons (Fsp3) is 0. The Hall–Kier alpha value is -1.13. The van der Waals surface area contributed by atoms with Crippen LogP contribution in [0.4, 0.5) is 0 Å².